The third-order valence-electron chi connectivity index (χ3n) is 5.03. The van der Waals surface area contributed by atoms with Gasteiger partial charge in [0.1, 0.15) is 11.6 Å². The first-order valence-electron chi connectivity index (χ1n) is 11.2. The Morgan fingerprint density at radius 3 is 0.960 bits per heavy atom. The smallest absolute Gasteiger partial charge is 0.132 e. The van der Waals surface area contributed by atoms with Gasteiger partial charge in [-0.05, 0) is 25.7 Å². The van der Waals surface area contributed by atoms with Gasteiger partial charge < -0.3 is 0 Å². The third-order valence-corrected chi connectivity index (χ3v) is 5.03. The summed E-state index contributed by atoms with van der Waals surface area (Å²) >= 11 is 0. The van der Waals surface area contributed by atoms with Crippen molar-refractivity contribution in [2.75, 3.05) is 0 Å². The normalized spacial score (nSPS) is 11.0. The third kappa shape index (κ3) is 19.5. The van der Waals surface area contributed by atoms with Crippen LogP contribution < -0.4 is 0 Å². The van der Waals surface area contributed by atoms with Crippen LogP contribution in [0.5, 0.6) is 0 Å². The maximum absolute atomic E-state index is 11.8. The lowest BCUT2D eigenvalue weighted by molar-refractivity contribution is -0.119. The van der Waals surface area contributed by atoms with E-state index in [1.165, 1.54) is 64.2 Å². The van der Waals surface area contributed by atoms with E-state index in [0.717, 1.165) is 57.8 Å². The van der Waals surface area contributed by atoms with Crippen LogP contribution in [0.1, 0.15) is 136 Å². The van der Waals surface area contributed by atoms with Gasteiger partial charge in [-0.25, -0.2) is 0 Å². The summed E-state index contributed by atoms with van der Waals surface area (Å²) in [4.78, 5) is 23.6. The summed E-state index contributed by atoms with van der Waals surface area (Å²) in [6, 6.07) is 0. The molecular formula is C23H44O2. The number of unbranched alkanes of at least 4 members (excludes halogenated alkanes) is 12. The quantitative estimate of drug-likeness (QED) is 0.212. The molecule has 0 rings (SSSR count). The predicted molar refractivity (Wildman–Crippen MR) is 109 cm³/mol. The maximum Gasteiger partial charge on any atom is 0.132 e. The largest absolute Gasteiger partial charge is 0.300 e. The second-order valence-electron chi connectivity index (χ2n) is 7.67. The van der Waals surface area contributed by atoms with Gasteiger partial charge in [0.25, 0.3) is 0 Å². The van der Waals surface area contributed by atoms with Crippen molar-refractivity contribution in [1.82, 2.24) is 0 Å². The lowest BCUT2D eigenvalue weighted by Crippen LogP contribution is -2.00. The molecule has 0 bridgehead atoms. The number of carbonyl (C=O) groups is 2. The number of carbonyl (C=O) groups excluding carboxylic acids is 2. The number of rotatable bonds is 20. The maximum atomic E-state index is 11.8. The Hall–Kier alpha value is -0.660. The van der Waals surface area contributed by atoms with E-state index < -0.39 is 0 Å². The van der Waals surface area contributed by atoms with Gasteiger partial charge in [0.15, 0.2) is 0 Å². The monoisotopic (exact) mass is 352 g/mol. The molecule has 0 amide bonds. The second-order valence-corrected chi connectivity index (χ2v) is 7.67. The Kier molecular flexibility index (Phi) is 19.1. The molecule has 0 spiro atoms. The van der Waals surface area contributed by atoms with Gasteiger partial charge in [-0.15, -0.1) is 0 Å². The summed E-state index contributed by atoms with van der Waals surface area (Å²) in [6.45, 7) is 4.46. The van der Waals surface area contributed by atoms with Gasteiger partial charge in [-0.3, -0.25) is 9.59 Å². The van der Waals surface area contributed by atoms with Gasteiger partial charge in [0, 0.05) is 25.7 Å². The molecule has 0 unspecified atom stereocenters. The van der Waals surface area contributed by atoms with E-state index in [2.05, 4.69) is 13.8 Å². The molecule has 0 atom stereocenters. The first kappa shape index (κ1) is 24.3. The topological polar surface area (TPSA) is 34.1 Å². The minimum atomic E-state index is 0.425. The Morgan fingerprint density at radius 2 is 0.640 bits per heavy atom. The zero-order valence-corrected chi connectivity index (χ0v) is 17.3. The first-order chi connectivity index (χ1) is 12.2. The van der Waals surface area contributed by atoms with Crippen molar-refractivity contribution < 1.29 is 9.59 Å². The average molecular weight is 353 g/mol. The SMILES string of the molecule is CCCCCCCCC(=O)CCCCCC(=O)CCCCCCCC. The van der Waals surface area contributed by atoms with E-state index in [1.54, 1.807) is 0 Å². The summed E-state index contributed by atoms with van der Waals surface area (Å²) in [7, 11) is 0. The van der Waals surface area contributed by atoms with E-state index in [0.29, 0.717) is 11.6 Å². The van der Waals surface area contributed by atoms with Crippen molar-refractivity contribution >= 4 is 11.6 Å². The highest BCUT2D eigenvalue weighted by Crippen LogP contribution is 2.12. The summed E-state index contributed by atoms with van der Waals surface area (Å²) in [5.74, 6) is 0.850. The molecule has 25 heavy (non-hydrogen) atoms. The molecule has 0 fully saturated rings. The molecule has 0 saturated heterocycles. The van der Waals surface area contributed by atoms with Gasteiger partial charge in [0.2, 0.25) is 0 Å². The van der Waals surface area contributed by atoms with Gasteiger partial charge >= 0.3 is 0 Å². The minimum absolute atomic E-state index is 0.425. The lowest BCUT2D eigenvalue weighted by Gasteiger charge is -2.03. The highest BCUT2D eigenvalue weighted by molar-refractivity contribution is 5.78. The fourth-order valence-electron chi connectivity index (χ4n) is 3.28. The molecule has 0 heterocycles. The molecule has 0 aromatic rings. The van der Waals surface area contributed by atoms with Crippen molar-refractivity contribution in [2.45, 2.75) is 136 Å². The summed E-state index contributed by atoms with van der Waals surface area (Å²) < 4.78 is 0. The first-order valence-corrected chi connectivity index (χ1v) is 11.2. The van der Waals surface area contributed by atoms with Crippen LogP contribution in [0.4, 0.5) is 0 Å². The number of hydrogen-bond donors (Lipinski definition) is 0. The van der Waals surface area contributed by atoms with Gasteiger partial charge in [-0.1, -0.05) is 84.5 Å². The highest BCUT2D eigenvalue weighted by Gasteiger charge is 2.04. The van der Waals surface area contributed by atoms with E-state index in [9.17, 15) is 9.59 Å². The highest BCUT2D eigenvalue weighted by atomic mass is 16.1. The van der Waals surface area contributed by atoms with Crippen LogP contribution in [0, 0.1) is 0 Å². The number of ketones is 2. The second kappa shape index (κ2) is 19.7. The van der Waals surface area contributed by atoms with Crippen molar-refractivity contribution in [3.05, 3.63) is 0 Å². The fourth-order valence-corrected chi connectivity index (χ4v) is 3.28. The molecule has 0 aliphatic carbocycles. The van der Waals surface area contributed by atoms with Crippen LogP contribution in [0.3, 0.4) is 0 Å². The van der Waals surface area contributed by atoms with E-state index >= 15 is 0 Å². The van der Waals surface area contributed by atoms with Crippen LogP contribution in [-0.2, 0) is 9.59 Å². The molecule has 2 heteroatoms. The Balaban J connectivity index is 3.30. The Labute approximate surface area is 157 Å². The Bertz CT molecular complexity index is 279. The van der Waals surface area contributed by atoms with E-state index in [1.807, 2.05) is 0 Å². The summed E-state index contributed by atoms with van der Waals surface area (Å²) in [6.07, 6.45) is 20.9. The molecule has 0 aromatic carbocycles. The van der Waals surface area contributed by atoms with Crippen molar-refractivity contribution in [3.63, 3.8) is 0 Å². The van der Waals surface area contributed by atoms with Crippen molar-refractivity contribution in [1.29, 1.82) is 0 Å². The molecule has 0 N–H and O–H groups in total. The van der Waals surface area contributed by atoms with Crippen molar-refractivity contribution in [2.24, 2.45) is 0 Å². The lowest BCUT2D eigenvalue weighted by atomic mass is 10.0. The number of Topliss-reactive ketones (excluding diaryl/α,β-unsaturated/α-hetero) is 2. The van der Waals surface area contributed by atoms with Crippen LogP contribution in [-0.4, -0.2) is 11.6 Å². The van der Waals surface area contributed by atoms with E-state index in [-0.39, 0.29) is 0 Å². The molecule has 148 valence electrons. The molecular weight excluding hydrogens is 308 g/mol. The summed E-state index contributed by atoms with van der Waals surface area (Å²) in [5.41, 5.74) is 0. The van der Waals surface area contributed by atoms with Crippen LogP contribution >= 0.6 is 0 Å². The zero-order chi connectivity index (χ0) is 18.6. The Morgan fingerprint density at radius 1 is 0.400 bits per heavy atom. The molecule has 0 aliphatic rings. The van der Waals surface area contributed by atoms with E-state index in [4.69, 9.17) is 0 Å². The van der Waals surface area contributed by atoms with Crippen LogP contribution in [0.25, 0.3) is 0 Å². The zero-order valence-electron chi connectivity index (χ0n) is 17.3. The van der Waals surface area contributed by atoms with Crippen LogP contribution in [0.2, 0.25) is 0 Å². The van der Waals surface area contributed by atoms with Gasteiger partial charge in [0.05, 0.1) is 0 Å². The molecule has 0 saturated carbocycles. The predicted octanol–water partition coefficient (Wildman–Crippen LogP) is 7.58. The minimum Gasteiger partial charge on any atom is -0.300 e. The molecule has 0 radical (unpaired) electrons. The average Bonchev–Trinajstić information content (AvgIpc) is 2.60. The van der Waals surface area contributed by atoms with Gasteiger partial charge in [-0.2, -0.15) is 0 Å². The molecule has 0 aromatic heterocycles. The molecule has 2 nitrogen and oxygen atoms in total. The fraction of sp³-hybridized carbons (Fsp3) is 0.913. The standard InChI is InChI=1S/C23H44O2/c1-3-5-7-9-11-14-18-22(24)20-16-13-17-21-23(25)19-15-12-10-8-6-4-2/h3-21H2,1-2H3. The molecule has 0 aliphatic heterocycles. The summed E-state index contributed by atoms with van der Waals surface area (Å²) in [5, 5.41) is 0. The number of hydrogen-bond acceptors (Lipinski definition) is 2. The van der Waals surface area contributed by atoms with Crippen molar-refractivity contribution in [3.8, 4) is 0 Å². The van der Waals surface area contributed by atoms with Crippen LogP contribution in [0.15, 0.2) is 0 Å².